The van der Waals surface area contributed by atoms with E-state index < -0.39 is 0 Å². The van der Waals surface area contributed by atoms with Crippen LogP contribution in [0.15, 0.2) is 72.8 Å². The molecule has 4 aromatic rings. The second kappa shape index (κ2) is 14.1. The third kappa shape index (κ3) is 8.59. The summed E-state index contributed by atoms with van der Waals surface area (Å²) in [4.78, 5) is 18.3. The summed E-state index contributed by atoms with van der Waals surface area (Å²) < 4.78 is 12.7. The fourth-order valence-electron chi connectivity index (χ4n) is 4.82. The monoisotopic (exact) mass is 580 g/mol. The number of aryl methyl sites for hydroxylation is 2. The lowest BCUT2D eigenvalue weighted by Crippen LogP contribution is -2.28. The van der Waals surface area contributed by atoms with Crippen LogP contribution in [0.25, 0.3) is 22.2 Å². The first-order valence-electron chi connectivity index (χ1n) is 15.8. The smallest absolute Gasteiger partial charge is 0.252 e. The van der Waals surface area contributed by atoms with E-state index in [1.54, 1.807) is 0 Å². The Balaban J connectivity index is 1.42. The van der Waals surface area contributed by atoms with Gasteiger partial charge < -0.3 is 14.8 Å². The molecule has 0 spiro atoms. The van der Waals surface area contributed by atoms with Crippen LogP contribution in [0.4, 0.5) is 0 Å². The van der Waals surface area contributed by atoms with Crippen molar-refractivity contribution in [2.45, 2.75) is 98.2 Å². The van der Waals surface area contributed by atoms with E-state index in [1.807, 2.05) is 42.5 Å². The van der Waals surface area contributed by atoms with E-state index in [4.69, 9.17) is 14.5 Å². The van der Waals surface area contributed by atoms with Crippen molar-refractivity contribution in [3.63, 3.8) is 0 Å². The molecule has 43 heavy (non-hydrogen) atoms. The minimum atomic E-state index is -0.272. The van der Waals surface area contributed by atoms with Gasteiger partial charge in [0.2, 0.25) is 0 Å². The van der Waals surface area contributed by atoms with Crippen LogP contribution in [-0.4, -0.2) is 28.6 Å². The van der Waals surface area contributed by atoms with Gasteiger partial charge in [0.15, 0.2) is 0 Å². The molecule has 0 saturated heterocycles. The maximum atomic E-state index is 13.4. The van der Waals surface area contributed by atoms with Crippen molar-refractivity contribution in [3.05, 3.63) is 89.5 Å². The second-order valence-electron chi connectivity index (χ2n) is 12.5. The number of para-hydroxylation sites is 1. The number of hydrogen-bond donors (Lipinski definition) is 1. The molecule has 0 atom stereocenters. The number of carbonyl (C=O) groups is 1. The number of unbranched alkanes of at least 4 members (excludes halogenated alkanes) is 1. The molecule has 0 fully saturated rings. The molecule has 1 N–H and O–H groups in total. The average molecular weight is 581 g/mol. The summed E-state index contributed by atoms with van der Waals surface area (Å²) in [6.45, 7) is 15.4. The molecule has 0 bridgehead atoms. The molecule has 0 unspecified atom stereocenters. The number of nitrogens with one attached hydrogen (secondary N) is 1. The molecule has 1 aromatic heterocycles. The van der Waals surface area contributed by atoms with E-state index in [9.17, 15) is 4.79 Å². The highest BCUT2D eigenvalue weighted by Crippen LogP contribution is 2.32. The van der Waals surface area contributed by atoms with Gasteiger partial charge in [-0.25, -0.2) is 4.98 Å². The molecule has 4 rings (SSSR count). The van der Waals surface area contributed by atoms with Gasteiger partial charge in [0.25, 0.3) is 5.91 Å². The van der Waals surface area contributed by atoms with Crippen molar-refractivity contribution in [1.82, 2.24) is 10.3 Å². The van der Waals surface area contributed by atoms with Gasteiger partial charge in [0.05, 0.1) is 16.8 Å². The van der Waals surface area contributed by atoms with Gasteiger partial charge in [-0.05, 0) is 95.5 Å². The maximum Gasteiger partial charge on any atom is 0.252 e. The molecular formula is C38H48N2O3. The van der Waals surface area contributed by atoms with Gasteiger partial charge in [-0.3, -0.25) is 4.79 Å². The van der Waals surface area contributed by atoms with Crippen LogP contribution < -0.4 is 14.8 Å². The first kappa shape index (κ1) is 32.1. The molecule has 1 heterocycles. The van der Waals surface area contributed by atoms with Crippen LogP contribution in [0.1, 0.15) is 95.6 Å². The predicted molar refractivity (Wildman–Crippen MR) is 178 cm³/mol. The normalized spacial score (nSPS) is 11.9. The minimum Gasteiger partial charge on any atom is -0.488 e. The molecule has 0 saturated carbocycles. The SMILES string of the molecule is CCc1ccc(-c2cc(C(=O)NCCCCc3ccc(OC(C)(C)CC)cc3OC(C)(C)CC)c3ccccc3n2)cc1. The summed E-state index contributed by atoms with van der Waals surface area (Å²) in [5.74, 6) is 1.64. The summed E-state index contributed by atoms with van der Waals surface area (Å²) >= 11 is 0. The summed E-state index contributed by atoms with van der Waals surface area (Å²) in [5.41, 5.74) is 5.22. The Bertz CT molecular complexity index is 1520. The number of pyridine rings is 1. The number of carbonyl (C=O) groups excluding carboxylic acids is 1. The van der Waals surface area contributed by atoms with Crippen LogP contribution in [0.2, 0.25) is 0 Å². The largest absolute Gasteiger partial charge is 0.488 e. The summed E-state index contributed by atoms with van der Waals surface area (Å²) in [7, 11) is 0. The van der Waals surface area contributed by atoms with Gasteiger partial charge in [-0.1, -0.05) is 69.3 Å². The lowest BCUT2D eigenvalue weighted by molar-refractivity contribution is 0.0942. The van der Waals surface area contributed by atoms with E-state index >= 15 is 0 Å². The third-order valence-electron chi connectivity index (χ3n) is 8.30. The molecule has 0 aliphatic heterocycles. The zero-order valence-electron chi connectivity index (χ0n) is 27.0. The fraction of sp³-hybridized carbons (Fsp3) is 0.421. The Hall–Kier alpha value is -3.86. The maximum absolute atomic E-state index is 13.4. The number of hydrogen-bond acceptors (Lipinski definition) is 4. The van der Waals surface area contributed by atoms with Gasteiger partial charge in [-0.15, -0.1) is 0 Å². The van der Waals surface area contributed by atoms with Crippen molar-refractivity contribution in [2.24, 2.45) is 0 Å². The molecule has 3 aromatic carbocycles. The van der Waals surface area contributed by atoms with Crippen molar-refractivity contribution < 1.29 is 14.3 Å². The average Bonchev–Trinajstić information content (AvgIpc) is 3.00. The van der Waals surface area contributed by atoms with Crippen molar-refractivity contribution >= 4 is 16.8 Å². The molecule has 0 radical (unpaired) electrons. The summed E-state index contributed by atoms with van der Waals surface area (Å²) in [6, 6.07) is 24.4. The van der Waals surface area contributed by atoms with Crippen LogP contribution >= 0.6 is 0 Å². The van der Waals surface area contributed by atoms with E-state index in [2.05, 4.69) is 84.1 Å². The van der Waals surface area contributed by atoms with Gasteiger partial charge in [0.1, 0.15) is 22.7 Å². The van der Waals surface area contributed by atoms with Crippen molar-refractivity contribution in [2.75, 3.05) is 6.54 Å². The first-order chi connectivity index (χ1) is 20.5. The number of benzene rings is 3. The molecule has 0 aliphatic rings. The van der Waals surface area contributed by atoms with E-state index in [-0.39, 0.29) is 17.1 Å². The Kier molecular flexibility index (Phi) is 10.5. The second-order valence-corrected chi connectivity index (χ2v) is 12.5. The lowest BCUT2D eigenvalue weighted by Gasteiger charge is -2.29. The van der Waals surface area contributed by atoms with Crippen molar-refractivity contribution in [3.8, 4) is 22.8 Å². The number of aromatic nitrogens is 1. The Morgan fingerprint density at radius 1 is 0.814 bits per heavy atom. The lowest BCUT2D eigenvalue weighted by atomic mass is 10.0. The molecule has 5 nitrogen and oxygen atoms in total. The van der Waals surface area contributed by atoms with Gasteiger partial charge in [-0.2, -0.15) is 0 Å². The topological polar surface area (TPSA) is 60.5 Å². The number of nitrogens with zero attached hydrogens (tertiary/aromatic N) is 1. The van der Waals surface area contributed by atoms with E-state index in [0.29, 0.717) is 12.1 Å². The van der Waals surface area contributed by atoms with E-state index in [1.165, 1.54) is 5.56 Å². The Labute approximate surface area is 258 Å². The number of rotatable bonds is 14. The molecule has 5 heteroatoms. The highest BCUT2D eigenvalue weighted by atomic mass is 16.5. The minimum absolute atomic E-state index is 0.0706. The zero-order valence-corrected chi connectivity index (χ0v) is 27.0. The van der Waals surface area contributed by atoms with E-state index in [0.717, 1.165) is 77.7 Å². The number of fused-ring (bicyclic) bond motifs is 1. The number of ether oxygens (including phenoxy) is 2. The predicted octanol–water partition coefficient (Wildman–Crippen LogP) is 9.35. The number of amides is 1. The molecule has 1 amide bonds. The quantitative estimate of drug-likeness (QED) is 0.151. The van der Waals surface area contributed by atoms with Crippen LogP contribution in [0.5, 0.6) is 11.5 Å². The van der Waals surface area contributed by atoms with Crippen LogP contribution in [0.3, 0.4) is 0 Å². The van der Waals surface area contributed by atoms with Gasteiger partial charge in [0, 0.05) is 23.6 Å². The van der Waals surface area contributed by atoms with Crippen molar-refractivity contribution in [1.29, 1.82) is 0 Å². The molecule has 228 valence electrons. The summed E-state index contributed by atoms with van der Waals surface area (Å²) in [6.07, 6.45) is 5.45. The Morgan fingerprint density at radius 2 is 1.51 bits per heavy atom. The van der Waals surface area contributed by atoms with Crippen LogP contribution in [-0.2, 0) is 12.8 Å². The standard InChI is InChI=1S/C38H48N2O3/c1-8-27-18-20-28(21-19-27)34-26-32(31-16-11-12-17-33(31)40-34)36(41)39-24-14-13-15-29-22-23-30(42-37(4,5)9-2)25-35(29)43-38(6,7)10-3/h11-12,16-23,25-26H,8-10,13-15,24H2,1-7H3,(H,39,41). The molecule has 0 aliphatic carbocycles. The Morgan fingerprint density at radius 3 is 2.21 bits per heavy atom. The highest BCUT2D eigenvalue weighted by Gasteiger charge is 2.22. The molecular weight excluding hydrogens is 532 g/mol. The zero-order chi connectivity index (χ0) is 31.0. The highest BCUT2D eigenvalue weighted by molar-refractivity contribution is 6.07. The van der Waals surface area contributed by atoms with Gasteiger partial charge >= 0.3 is 0 Å². The van der Waals surface area contributed by atoms with Crippen LogP contribution in [0, 0.1) is 0 Å². The summed E-state index contributed by atoms with van der Waals surface area (Å²) in [5, 5.41) is 4.02. The first-order valence-corrected chi connectivity index (χ1v) is 15.8. The fourth-order valence-corrected chi connectivity index (χ4v) is 4.82. The third-order valence-corrected chi connectivity index (χ3v) is 8.30.